The van der Waals surface area contributed by atoms with E-state index in [9.17, 15) is 14.7 Å². The molecule has 0 saturated carbocycles. The molecule has 172 valence electrons. The lowest BCUT2D eigenvalue weighted by Crippen LogP contribution is -2.55. The van der Waals surface area contributed by atoms with Crippen LogP contribution < -0.4 is 0 Å². The number of piperazine rings is 1. The van der Waals surface area contributed by atoms with Crippen LogP contribution in [0.15, 0.2) is 18.2 Å². The van der Waals surface area contributed by atoms with Crippen molar-refractivity contribution in [2.45, 2.75) is 38.6 Å². The van der Waals surface area contributed by atoms with Crippen LogP contribution in [0, 0.1) is 5.92 Å². The van der Waals surface area contributed by atoms with Gasteiger partial charge in [-0.3, -0.25) is 9.78 Å². The zero-order chi connectivity index (χ0) is 23.0. The maximum Gasteiger partial charge on any atom is 0.407 e. The molecule has 1 unspecified atom stereocenters. The zero-order valence-corrected chi connectivity index (χ0v) is 19.7. The van der Waals surface area contributed by atoms with Crippen molar-refractivity contribution in [3.8, 4) is 0 Å². The van der Waals surface area contributed by atoms with Gasteiger partial charge in [-0.1, -0.05) is 17.7 Å². The summed E-state index contributed by atoms with van der Waals surface area (Å²) in [7, 11) is 4.20. The van der Waals surface area contributed by atoms with Crippen molar-refractivity contribution in [2.24, 2.45) is 5.92 Å². The van der Waals surface area contributed by atoms with Gasteiger partial charge >= 0.3 is 6.09 Å². The Hall–Kier alpha value is -2.38. The predicted molar refractivity (Wildman–Crippen MR) is 126 cm³/mol. The number of halogens is 1. The molecule has 2 aliphatic rings. The summed E-state index contributed by atoms with van der Waals surface area (Å²) >= 11 is 6.78. The van der Waals surface area contributed by atoms with Crippen molar-refractivity contribution in [1.82, 2.24) is 19.7 Å². The van der Waals surface area contributed by atoms with Crippen LogP contribution >= 0.6 is 11.6 Å². The molecule has 1 N–H and O–H groups in total. The average molecular weight is 459 g/mol. The quantitative estimate of drug-likeness (QED) is 0.754. The van der Waals surface area contributed by atoms with Crippen LogP contribution in [0.2, 0.25) is 5.02 Å². The lowest BCUT2D eigenvalue weighted by molar-refractivity contribution is 0.0484. The van der Waals surface area contributed by atoms with Crippen molar-refractivity contribution >= 4 is 34.5 Å². The van der Waals surface area contributed by atoms with Crippen LogP contribution in [-0.2, 0) is 12.8 Å². The summed E-state index contributed by atoms with van der Waals surface area (Å²) in [5.74, 6) is 0.506. The Kier molecular flexibility index (Phi) is 6.58. The minimum Gasteiger partial charge on any atom is -0.465 e. The summed E-state index contributed by atoms with van der Waals surface area (Å²) in [4.78, 5) is 34.7. The van der Waals surface area contributed by atoms with E-state index >= 15 is 0 Å². The Bertz CT molecular complexity index is 1040. The third-order valence-electron chi connectivity index (χ3n) is 6.78. The average Bonchev–Trinajstić information content (AvgIpc) is 2.76. The van der Waals surface area contributed by atoms with Crippen molar-refractivity contribution in [1.29, 1.82) is 0 Å². The van der Waals surface area contributed by atoms with Crippen molar-refractivity contribution in [3.63, 3.8) is 0 Å². The van der Waals surface area contributed by atoms with E-state index in [4.69, 9.17) is 16.6 Å². The molecule has 0 bridgehead atoms. The fraction of sp³-hybridized carbons (Fsp3) is 0.542. The van der Waals surface area contributed by atoms with Gasteiger partial charge in [0.15, 0.2) is 0 Å². The van der Waals surface area contributed by atoms with Gasteiger partial charge in [-0.15, -0.1) is 0 Å². The number of pyridine rings is 1. The van der Waals surface area contributed by atoms with Gasteiger partial charge < -0.3 is 19.8 Å². The third kappa shape index (κ3) is 4.55. The molecule has 2 aromatic rings. The minimum absolute atomic E-state index is 0.0936. The second kappa shape index (κ2) is 9.24. The number of rotatable bonds is 4. The van der Waals surface area contributed by atoms with E-state index in [1.165, 1.54) is 4.90 Å². The number of carbonyl (C=O) groups excluding carboxylic acids is 1. The normalized spacial score (nSPS) is 21.2. The molecule has 32 heavy (non-hydrogen) atoms. The van der Waals surface area contributed by atoms with E-state index in [2.05, 4.69) is 19.0 Å². The largest absolute Gasteiger partial charge is 0.465 e. The number of nitrogens with zero attached hydrogens (tertiary/aromatic N) is 4. The summed E-state index contributed by atoms with van der Waals surface area (Å²) < 4.78 is 0. The first-order valence-corrected chi connectivity index (χ1v) is 11.7. The molecule has 0 radical (unpaired) electrons. The summed E-state index contributed by atoms with van der Waals surface area (Å²) in [6, 6.07) is 5.36. The van der Waals surface area contributed by atoms with Crippen LogP contribution in [-0.4, -0.2) is 83.1 Å². The smallest absolute Gasteiger partial charge is 0.407 e. The van der Waals surface area contributed by atoms with Gasteiger partial charge in [0.2, 0.25) is 0 Å². The molecule has 2 heterocycles. The van der Waals surface area contributed by atoms with E-state index in [0.29, 0.717) is 31.1 Å². The second-order valence-corrected chi connectivity index (χ2v) is 9.74. The van der Waals surface area contributed by atoms with Gasteiger partial charge in [0.25, 0.3) is 5.91 Å². The number of aromatic nitrogens is 1. The van der Waals surface area contributed by atoms with E-state index in [1.807, 2.05) is 25.1 Å². The lowest BCUT2D eigenvalue weighted by atomic mass is 9.84. The first kappa shape index (κ1) is 22.8. The van der Waals surface area contributed by atoms with Crippen molar-refractivity contribution < 1.29 is 14.7 Å². The minimum atomic E-state index is -0.942. The summed E-state index contributed by atoms with van der Waals surface area (Å²) in [6.45, 7) is 3.97. The highest BCUT2D eigenvalue weighted by Crippen LogP contribution is 2.36. The molecule has 1 aromatic heterocycles. The monoisotopic (exact) mass is 458 g/mol. The van der Waals surface area contributed by atoms with Crippen LogP contribution in [0.3, 0.4) is 0 Å². The highest BCUT2D eigenvalue weighted by molar-refractivity contribution is 6.36. The summed E-state index contributed by atoms with van der Waals surface area (Å²) in [6.07, 6.45) is 3.20. The first-order valence-electron chi connectivity index (χ1n) is 11.3. The Morgan fingerprint density at radius 1 is 1.28 bits per heavy atom. The van der Waals surface area contributed by atoms with E-state index in [-0.39, 0.29) is 11.9 Å². The van der Waals surface area contributed by atoms with Gasteiger partial charge in [0.1, 0.15) is 0 Å². The fourth-order valence-electron chi connectivity index (χ4n) is 4.88. The molecule has 1 aliphatic carbocycles. The van der Waals surface area contributed by atoms with Crippen LogP contribution in [0.1, 0.15) is 41.4 Å². The van der Waals surface area contributed by atoms with Gasteiger partial charge in [0, 0.05) is 42.3 Å². The van der Waals surface area contributed by atoms with Crippen LogP contribution in [0.25, 0.3) is 10.9 Å². The molecule has 7 nitrogen and oxygen atoms in total. The molecular weight excluding hydrogens is 428 g/mol. The van der Waals surface area contributed by atoms with Crippen molar-refractivity contribution in [3.05, 3.63) is 40.0 Å². The zero-order valence-electron chi connectivity index (χ0n) is 19.0. The molecular formula is C24H31ClN4O3. The molecule has 2 amide bonds. The van der Waals surface area contributed by atoms with Crippen molar-refractivity contribution in [2.75, 3.05) is 40.3 Å². The topological polar surface area (TPSA) is 77.0 Å². The number of hydrogen-bond donors (Lipinski definition) is 1. The number of carboxylic acid groups (broad SMARTS) is 1. The fourth-order valence-corrected chi connectivity index (χ4v) is 5.24. The summed E-state index contributed by atoms with van der Waals surface area (Å²) in [5.41, 5.74) is 3.53. The predicted octanol–water partition coefficient (Wildman–Crippen LogP) is 3.77. The van der Waals surface area contributed by atoms with Gasteiger partial charge in [-0.25, -0.2) is 4.79 Å². The van der Waals surface area contributed by atoms with Crippen LogP contribution in [0.4, 0.5) is 4.79 Å². The Morgan fingerprint density at radius 3 is 2.75 bits per heavy atom. The first-order chi connectivity index (χ1) is 15.2. The molecule has 1 saturated heterocycles. The Balaban J connectivity index is 1.58. The number of amides is 2. The lowest BCUT2D eigenvalue weighted by Gasteiger charge is -2.38. The molecule has 1 aliphatic heterocycles. The SMILES string of the molecule is C[C@@H]1CN(C(=O)O)CCN1C(=O)c1ccc2c(Cl)c3c(nc2c1)CC(CCN(C)C)CC3. The van der Waals surface area contributed by atoms with E-state index in [1.54, 1.807) is 4.90 Å². The molecule has 1 aromatic carbocycles. The molecule has 2 atom stereocenters. The number of hydrogen-bond acceptors (Lipinski definition) is 4. The number of carbonyl (C=O) groups is 2. The standard InChI is InChI=1S/C24H31ClN4O3/c1-15-14-28(24(31)32)10-11-29(15)23(30)17-5-7-19-21(13-17)26-20-12-16(8-9-27(2)3)4-6-18(20)22(19)25/h5,7,13,15-16H,4,6,8-12,14H2,1-3H3,(H,31,32)/t15-,16?/m1/s1. The Morgan fingerprint density at radius 2 is 2.06 bits per heavy atom. The maximum absolute atomic E-state index is 13.2. The van der Waals surface area contributed by atoms with E-state index in [0.717, 1.165) is 59.4 Å². The molecule has 4 rings (SSSR count). The highest BCUT2D eigenvalue weighted by Gasteiger charge is 2.30. The number of benzene rings is 1. The Labute approximate surface area is 193 Å². The highest BCUT2D eigenvalue weighted by atomic mass is 35.5. The molecule has 1 fully saturated rings. The summed E-state index contributed by atoms with van der Waals surface area (Å²) in [5, 5.41) is 10.9. The van der Waals surface area contributed by atoms with Gasteiger partial charge in [-0.05, 0) is 76.9 Å². The maximum atomic E-state index is 13.2. The third-order valence-corrected chi connectivity index (χ3v) is 7.21. The number of fused-ring (bicyclic) bond motifs is 2. The van der Waals surface area contributed by atoms with Gasteiger partial charge in [-0.2, -0.15) is 0 Å². The van der Waals surface area contributed by atoms with E-state index < -0.39 is 6.09 Å². The van der Waals surface area contributed by atoms with Gasteiger partial charge in [0.05, 0.1) is 10.5 Å². The molecule has 0 spiro atoms. The second-order valence-electron chi connectivity index (χ2n) is 9.36. The van der Waals surface area contributed by atoms with Crippen LogP contribution in [0.5, 0.6) is 0 Å². The molecule has 8 heteroatoms.